The second kappa shape index (κ2) is 4.62. The Morgan fingerprint density at radius 2 is 2.10 bits per heavy atom. The predicted octanol–water partition coefficient (Wildman–Crippen LogP) is 3.38. The van der Waals surface area contributed by atoms with E-state index in [1.54, 1.807) is 22.8 Å². The smallest absolute Gasteiger partial charge is 0.206 e. The molecule has 0 aliphatic carbocycles. The number of benzene rings is 2. The molecule has 3 aromatic rings. The van der Waals surface area contributed by atoms with Crippen LogP contribution in [-0.4, -0.2) is 9.55 Å². The van der Waals surface area contributed by atoms with Crippen LogP contribution in [0.4, 0.5) is 10.3 Å². The van der Waals surface area contributed by atoms with Gasteiger partial charge in [-0.15, -0.1) is 0 Å². The van der Waals surface area contributed by atoms with E-state index in [0.717, 1.165) is 0 Å². The molecule has 1 heterocycles. The molecule has 0 saturated carbocycles. The predicted molar refractivity (Wildman–Crippen MR) is 77.9 cm³/mol. The number of rotatable bonds is 1. The third kappa shape index (κ3) is 1.84. The summed E-state index contributed by atoms with van der Waals surface area (Å²) in [5.41, 5.74) is 8.30. The SMILES string of the molecule is N#Cc1cccc2c1nc(N)n2-c1ccc(F)cc1Br. The van der Waals surface area contributed by atoms with Gasteiger partial charge in [-0.25, -0.2) is 9.37 Å². The molecular formula is C14H8BrFN4. The zero-order chi connectivity index (χ0) is 14.3. The Morgan fingerprint density at radius 3 is 2.80 bits per heavy atom. The standard InChI is InChI=1S/C14H8BrFN4/c15-10-6-9(16)4-5-11(10)20-12-3-1-2-8(7-17)13(12)19-14(20)18/h1-6H,(H2,18,19). The fraction of sp³-hybridized carbons (Fsp3) is 0. The largest absolute Gasteiger partial charge is 0.369 e. The van der Waals surface area contributed by atoms with E-state index in [4.69, 9.17) is 11.0 Å². The zero-order valence-electron chi connectivity index (χ0n) is 10.1. The molecule has 2 aromatic carbocycles. The fourth-order valence-corrected chi connectivity index (χ4v) is 2.65. The van der Waals surface area contributed by atoms with E-state index in [1.165, 1.54) is 12.1 Å². The van der Waals surface area contributed by atoms with Crippen LogP contribution in [0.3, 0.4) is 0 Å². The van der Waals surface area contributed by atoms with Gasteiger partial charge in [0, 0.05) is 4.47 Å². The lowest BCUT2D eigenvalue weighted by atomic mass is 10.2. The van der Waals surface area contributed by atoms with E-state index >= 15 is 0 Å². The van der Waals surface area contributed by atoms with Crippen LogP contribution in [0.2, 0.25) is 0 Å². The van der Waals surface area contributed by atoms with Crippen molar-refractivity contribution in [3.8, 4) is 11.8 Å². The number of aromatic nitrogens is 2. The van der Waals surface area contributed by atoms with Gasteiger partial charge in [0.05, 0.1) is 16.8 Å². The molecule has 0 bridgehead atoms. The Kier molecular flexibility index (Phi) is 2.92. The van der Waals surface area contributed by atoms with E-state index in [2.05, 4.69) is 27.0 Å². The molecule has 0 radical (unpaired) electrons. The molecular weight excluding hydrogens is 323 g/mol. The minimum atomic E-state index is -0.346. The molecule has 0 atom stereocenters. The quantitative estimate of drug-likeness (QED) is 0.743. The van der Waals surface area contributed by atoms with Gasteiger partial charge < -0.3 is 5.73 Å². The molecule has 0 spiro atoms. The first-order valence-electron chi connectivity index (χ1n) is 5.74. The molecule has 20 heavy (non-hydrogen) atoms. The van der Waals surface area contributed by atoms with Crippen LogP contribution in [-0.2, 0) is 0 Å². The number of para-hydroxylation sites is 1. The van der Waals surface area contributed by atoms with Gasteiger partial charge in [0.15, 0.2) is 0 Å². The highest BCUT2D eigenvalue weighted by molar-refractivity contribution is 9.10. The highest BCUT2D eigenvalue weighted by Crippen LogP contribution is 2.29. The van der Waals surface area contributed by atoms with Gasteiger partial charge in [-0.05, 0) is 46.3 Å². The molecule has 98 valence electrons. The van der Waals surface area contributed by atoms with E-state index < -0.39 is 0 Å². The number of imidazole rings is 1. The Hall–Kier alpha value is -2.39. The van der Waals surface area contributed by atoms with E-state index in [0.29, 0.717) is 26.8 Å². The summed E-state index contributed by atoms with van der Waals surface area (Å²) in [6.07, 6.45) is 0. The highest BCUT2D eigenvalue weighted by Gasteiger charge is 2.15. The molecule has 3 rings (SSSR count). The normalized spacial score (nSPS) is 10.7. The van der Waals surface area contributed by atoms with Gasteiger partial charge in [-0.1, -0.05) is 6.07 Å². The molecule has 0 fully saturated rings. The molecule has 0 aliphatic rings. The third-order valence-corrected chi connectivity index (χ3v) is 3.62. The van der Waals surface area contributed by atoms with Crippen molar-refractivity contribution in [3.05, 3.63) is 52.3 Å². The minimum Gasteiger partial charge on any atom is -0.369 e. The van der Waals surface area contributed by atoms with Gasteiger partial charge in [-0.3, -0.25) is 4.57 Å². The number of fused-ring (bicyclic) bond motifs is 1. The summed E-state index contributed by atoms with van der Waals surface area (Å²) in [5, 5.41) is 9.10. The Bertz CT molecular complexity index is 863. The molecule has 2 N–H and O–H groups in total. The molecule has 0 aliphatic heterocycles. The maximum atomic E-state index is 13.2. The summed E-state index contributed by atoms with van der Waals surface area (Å²) in [6.45, 7) is 0. The Balaban J connectivity index is 2.37. The summed E-state index contributed by atoms with van der Waals surface area (Å²) < 4.78 is 15.4. The number of nitrogen functional groups attached to an aromatic ring is 1. The van der Waals surface area contributed by atoms with E-state index in [9.17, 15) is 4.39 Å². The average Bonchev–Trinajstić information content (AvgIpc) is 2.75. The summed E-state index contributed by atoms with van der Waals surface area (Å²) in [4.78, 5) is 4.23. The summed E-state index contributed by atoms with van der Waals surface area (Å²) in [5.74, 6) is -0.101. The first kappa shape index (κ1) is 12.6. The van der Waals surface area contributed by atoms with Gasteiger partial charge in [0.1, 0.15) is 17.4 Å². The number of anilines is 1. The van der Waals surface area contributed by atoms with Crippen molar-refractivity contribution >= 4 is 32.9 Å². The first-order chi connectivity index (χ1) is 9.61. The Morgan fingerprint density at radius 1 is 1.30 bits per heavy atom. The lowest BCUT2D eigenvalue weighted by molar-refractivity contribution is 0.626. The van der Waals surface area contributed by atoms with Crippen molar-refractivity contribution in [3.63, 3.8) is 0 Å². The van der Waals surface area contributed by atoms with Crippen molar-refractivity contribution in [2.75, 3.05) is 5.73 Å². The van der Waals surface area contributed by atoms with Crippen LogP contribution in [0.15, 0.2) is 40.9 Å². The lowest BCUT2D eigenvalue weighted by Crippen LogP contribution is -2.01. The van der Waals surface area contributed by atoms with Crippen LogP contribution in [0, 0.1) is 17.1 Å². The number of nitrogens with zero attached hydrogens (tertiary/aromatic N) is 3. The number of nitrogens with two attached hydrogens (primary N) is 1. The molecule has 6 heteroatoms. The van der Waals surface area contributed by atoms with Crippen LogP contribution in [0.25, 0.3) is 16.7 Å². The van der Waals surface area contributed by atoms with Crippen LogP contribution in [0.1, 0.15) is 5.56 Å². The Labute approximate surface area is 122 Å². The summed E-state index contributed by atoms with van der Waals surface area (Å²) in [6, 6.07) is 11.6. The molecule has 0 amide bonds. The fourth-order valence-electron chi connectivity index (χ4n) is 2.12. The number of nitriles is 1. The van der Waals surface area contributed by atoms with Crippen LogP contribution >= 0.6 is 15.9 Å². The summed E-state index contributed by atoms with van der Waals surface area (Å²) in [7, 11) is 0. The van der Waals surface area contributed by atoms with Crippen molar-refractivity contribution < 1.29 is 4.39 Å². The monoisotopic (exact) mass is 330 g/mol. The van der Waals surface area contributed by atoms with Crippen molar-refractivity contribution in [1.82, 2.24) is 9.55 Å². The van der Waals surface area contributed by atoms with Gasteiger partial charge in [-0.2, -0.15) is 5.26 Å². The number of halogens is 2. The third-order valence-electron chi connectivity index (χ3n) is 2.98. The van der Waals surface area contributed by atoms with Crippen molar-refractivity contribution in [1.29, 1.82) is 5.26 Å². The van der Waals surface area contributed by atoms with Crippen molar-refractivity contribution in [2.24, 2.45) is 0 Å². The molecule has 0 unspecified atom stereocenters. The maximum Gasteiger partial charge on any atom is 0.206 e. The molecule has 1 aromatic heterocycles. The van der Waals surface area contributed by atoms with Gasteiger partial charge >= 0.3 is 0 Å². The first-order valence-corrected chi connectivity index (χ1v) is 6.53. The lowest BCUT2D eigenvalue weighted by Gasteiger charge is -2.09. The van der Waals surface area contributed by atoms with E-state index in [-0.39, 0.29) is 11.8 Å². The minimum absolute atomic E-state index is 0.245. The van der Waals surface area contributed by atoms with Gasteiger partial charge in [0.2, 0.25) is 5.95 Å². The van der Waals surface area contributed by atoms with Gasteiger partial charge in [0.25, 0.3) is 0 Å². The number of hydrogen-bond acceptors (Lipinski definition) is 3. The molecule has 0 saturated heterocycles. The highest BCUT2D eigenvalue weighted by atomic mass is 79.9. The maximum absolute atomic E-state index is 13.2. The average molecular weight is 331 g/mol. The number of hydrogen-bond donors (Lipinski definition) is 1. The molecule has 4 nitrogen and oxygen atoms in total. The second-order valence-corrected chi connectivity index (χ2v) is 5.04. The van der Waals surface area contributed by atoms with E-state index in [1.807, 2.05) is 6.07 Å². The van der Waals surface area contributed by atoms with Crippen LogP contribution in [0.5, 0.6) is 0 Å². The van der Waals surface area contributed by atoms with Crippen molar-refractivity contribution in [2.45, 2.75) is 0 Å². The van der Waals surface area contributed by atoms with Crippen LogP contribution < -0.4 is 5.73 Å². The summed E-state index contributed by atoms with van der Waals surface area (Å²) >= 11 is 3.31. The second-order valence-electron chi connectivity index (χ2n) is 4.19. The zero-order valence-corrected chi connectivity index (χ0v) is 11.7. The topological polar surface area (TPSA) is 67.6 Å².